The van der Waals surface area contributed by atoms with Crippen LogP contribution in [0.4, 0.5) is 0 Å². The van der Waals surface area contributed by atoms with Crippen LogP contribution in [0.1, 0.15) is 84.5 Å². The summed E-state index contributed by atoms with van der Waals surface area (Å²) in [6.45, 7) is 5.77. The minimum Gasteiger partial charge on any atom is -0.393 e. The van der Waals surface area contributed by atoms with Gasteiger partial charge in [-0.15, -0.1) is 0 Å². The van der Waals surface area contributed by atoms with Gasteiger partial charge in [0.25, 0.3) is 0 Å². The summed E-state index contributed by atoms with van der Waals surface area (Å²) in [7, 11) is 0. The van der Waals surface area contributed by atoms with Gasteiger partial charge in [0.2, 0.25) is 5.91 Å². The van der Waals surface area contributed by atoms with Crippen LogP contribution in [0.25, 0.3) is 0 Å². The Morgan fingerprint density at radius 1 is 1.23 bits per heavy atom. The van der Waals surface area contributed by atoms with Crippen molar-refractivity contribution in [3.05, 3.63) is 23.3 Å². The standard InChI is InChI=1S/C26H44N2O3/c1-18(6-3-4-13-28-25(31)17-27)23-10-11-24-20(7-5-12-26(23,24)2)9-8-19-14-21(29)16-22(30)15-19/h8-9,18,21-24,29-30H,3-7,10-17,27H2,1-2H3,(H,28,31)/b20-9-/t18-,21-,22-,23-,24+,26-/m1/s1. The van der Waals surface area contributed by atoms with Crippen LogP contribution in [0.5, 0.6) is 0 Å². The first-order valence-corrected chi connectivity index (χ1v) is 12.5. The van der Waals surface area contributed by atoms with Crippen molar-refractivity contribution in [3.8, 4) is 0 Å². The molecule has 3 rings (SSSR count). The van der Waals surface area contributed by atoms with Gasteiger partial charge in [0.15, 0.2) is 0 Å². The van der Waals surface area contributed by atoms with E-state index in [1.54, 1.807) is 5.57 Å². The Morgan fingerprint density at radius 3 is 2.68 bits per heavy atom. The Labute approximate surface area is 188 Å². The quantitative estimate of drug-likeness (QED) is 0.438. The van der Waals surface area contributed by atoms with Gasteiger partial charge < -0.3 is 21.3 Å². The highest BCUT2D eigenvalue weighted by atomic mass is 16.3. The molecule has 0 bridgehead atoms. The number of amides is 1. The normalized spacial score (nSPS) is 35.6. The second kappa shape index (κ2) is 11.1. The van der Waals surface area contributed by atoms with E-state index in [1.165, 1.54) is 44.1 Å². The number of nitrogens with two attached hydrogens (primary N) is 1. The van der Waals surface area contributed by atoms with Crippen molar-refractivity contribution in [2.45, 2.75) is 96.7 Å². The van der Waals surface area contributed by atoms with Crippen molar-refractivity contribution < 1.29 is 15.0 Å². The molecule has 0 aliphatic heterocycles. The lowest BCUT2D eigenvalue weighted by atomic mass is 9.60. The topological polar surface area (TPSA) is 95.6 Å². The fourth-order valence-electron chi connectivity index (χ4n) is 6.84. The maximum Gasteiger partial charge on any atom is 0.233 e. The summed E-state index contributed by atoms with van der Waals surface area (Å²) in [4.78, 5) is 11.3. The molecule has 3 aliphatic rings. The summed E-state index contributed by atoms with van der Waals surface area (Å²) in [6.07, 6.45) is 15.5. The minimum atomic E-state index is -0.398. The molecule has 0 aromatic carbocycles. The summed E-state index contributed by atoms with van der Waals surface area (Å²) in [6, 6.07) is 0. The molecule has 5 nitrogen and oxygen atoms in total. The van der Waals surface area contributed by atoms with E-state index in [2.05, 4.69) is 31.3 Å². The van der Waals surface area contributed by atoms with Gasteiger partial charge in [-0.05, 0) is 81.0 Å². The van der Waals surface area contributed by atoms with Crippen LogP contribution >= 0.6 is 0 Å². The molecule has 0 saturated heterocycles. The molecule has 31 heavy (non-hydrogen) atoms. The molecular formula is C26H44N2O3. The fraction of sp³-hybridized carbons (Fsp3) is 0.808. The third kappa shape index (κ3) is 6.21. The molecule has 3 aliphatic carbocycles. The van der Waals surface area contributed by atoms with Crippen molar-refractivity contribution in [3.63, 3.8) is 0 Å². The monoisotopic (exact) mass is 432 g/mol. The number of hydrogen-bond donors (Lipinski definition) is 4. The predicted molar refractivity (Wildman–Crippen MR) is 125 cm³/mol. The average molecular weight is 433 g/mol. The summed E-state index contributed by atoms with van der Waals surface area (Å²) < 4.78 is 0. The fourth-order valence-corrected chi connectivity index (χ4v) is 6.84. The number of hydrogen-bond acceptors (Lipinski definition) is 4. The molecule has 5 heteroatoms. The van der Waals surface area contributed by atoms with E-state index >= 15 is 0 Å². The number of unbranched alkanes of at least 4 members (excludes halogenated alkanes) is 1. The highest BCUT2D eigenvalue weighted by Crippen LogP contribution is 2.59. The second-order valence-electron chi connectivity index (χ2n) is 10.6. The molecule has 3 saturated carbocycles. The van der Waals surface area contributed by atoms with Crippen LogP contribution in [-0.2, 0) is 4.79 Å². The van der Waals surface area contributed by atoms with Crippen molar-refractivity contribution >= 4 is 5.91 Å². The van der Waals surface area contributed by atoms with E-state index in [4.69, 9.17) is 5.73 Å². The Hall–Kier alpha value is -1.17. The SMILES string of the molecule is C[C@H](CCCCNC(=O)CN)[C@H]1CC[C@H]2/C(=C\C=C3C[C@@H](O)C[C@H](O)C3)CCC[C@]12C. The number of nitrogens with one attached hydrogen (secondary N) is 1. The van der Waals surface area contributed by atoms with Gasteiger partial charge in [-0.25, -0.2) is 0 Å². The van der Waals surface area contributed by atoms with Crippen molar-refractivity contribution in [1.29, 1.82) is 0 Å². The van der Waals surface area contributed by atoms with E-state index in [9.17, 15) is 15.0 Å². The first-order chi connectivity index (χ1) is 14.8. The number of rotatable bonds is 8. The molecule has 0 heterocycles. The van der Waals surface area contributed by atoms with Gasteiger partial charge >= 0.3 is 0 Å². The summed E-state index contributed by atoms with van der Waals surface area (Å²) >= 11 is 0. The van der Waals surface area contributed by atoms with Crippen molar-refractivity contribution in [1.82, 2.24) is 5.32 Å². The molecule has 3 fully saturated rings. The first kappa shape index (κ1) is 24.5. The molecule has 5 N–H and O–H groups in total. The van der Waals surface area contributed by atoms with Gasteiger partial charge in [-0.1, -0.05) is 50.0 Å². The highest BCUT2D eigenvalue weighted by molar-refractivity contribution is 5.77. The van der Waals surface area contributed by atoms with Crippen LogP contribution in [0.3, 0.4) is 0 Å². The molecule has 176 valence electrons. The van der Waals surface area contributed by atoms with Gasteiger partial charge in [-0.2, -0.15) is 0 Å². The molecule has 6 atom stereocenters. The van der Waals surface area contributed by atoms with Crippen LogP contribution in [0, 0.1) is 23.2 Å². The molecule has 0 aromatic rings. The van der Waals surface area contributed by atoms with Gasteiger partial charge in [0.05, 0.1) is 18.8 Å². The lowest BCUT2D eigenvalue weighted by Gasteiger charge is -2.44. The third-order valence-corrected chi connectivity index (χ3v) is 8.39. The predicted octanol–water partition coefficient (Wildman–Crippen LogP) is 3.84. The number of fused-ring (bicyclic) bond motifs is 1. The molecule has 0 aromatic heterocycles. The number of aliphatic hydroxyl groups excluding tert-OH is 2. The summed E-state index contributed by atoms with van der Waals surface area (Å²) in [5, 5.41) is 22.8. The number of allylic oxidation sites excluding steroid dienone is 3. The highest BCUT2D eigenvalue weighted by Gasteiger charge is 2.50. The average Bonchev–Trinajstić information content (AvgIpc) is 3.08. The van der Waals surface area contributed by atoms with Crippen LogP contribution in [-0.4, -0.2) is 41.4 Å². The molecule has 0 spiro atoms. The van der Waals surface area contributed by atoms with Crippen LogP contribution < -0.4 is 11.1 Å². The lowest BCUT2D eigenvalue weighted by Crippen LogP contribution is -2.36. The zero-order valence-corrected chi connectivity index (χ0v) is 19.6. The van der Waals surface area contributed by atoms with Crippen LogP contribution in [0.15, 0.2) is 23.3 Å². The zero-order chi connectivity index (χ0) is 22.4. The number of aliphatic hydroxyl groups is 2. The number of carbonyl (C=O) groups excluding carboxylic acids is 1. The minimum absolute atomic E-state index is 0.0621. The molecule has 1 amide bonds. The van der Waals surface area contributed by atoms with Gasteiger partial charge in [0, 0.05) is 6.54 Å². The maximum absolute atomic E-state index is 11.3. The smallest absolute Gasteiger partial charge is 0.233 e. The Kier molecular flexibility index (Phi) is 8.77. The summed E-state index contributed by atoms with van der Waals surface area (Å²) in [5.74, 6) is 2.09. The third-order valence-electron chi connectivity index (χ3n) is 8.39. The zero-order valence-electron chi connectivity index (χ0n) is 19.6. The van der Waals surface area contributed by atoms with E-state index in [1.807, 2.05) is 0 Å². The Morgan fingerprint density at radius 2 is 1.97 bits per heavy atom. The largest absolute Gasteiger partial charge is 0.393 e. The van der Waals surface area contributed by atoms with E-state index in [0.717, 1.165) is 25.3 Å². The van der Waals surface area contributed by atoms with Gasteiger partial charge in [-0.3, -0.25) is 4.79 Å². The second-order valence-corrected chi connectivity index (χ2v) is 10.6. The molecule has 0 radical (unpaired) electrons. The Bertz CT molecular complexity index is 662. The molecular weight excluding hydrogens is 388 g/mol. The lowest BCUT2D eigenvalue weighted by molar-refractivity contribution is -0.119. The van der Waals surface area contributed by atoms with Gasteiger partial charge in [0.1, 0.15) is 0 Å². The molecule has 0 unspecified atom stereocenters. The van der Waals surface area contributed by atoms with Crippen LogP contribution in [0.2, 0.25) is 0 Å². The first-order valence-electron chi connectivity index (χ1n) is 12.5. The Balaban J connectivity index is 1.57. The van der Waals surface area contributed by atoms with Crippen molar-refractivity contribution in [2.24, 2.45) is 28.9 Å². The maximum atomic E-state index is 11.3. The summed E-state index contributed by atoms with van der Waals surface area (Å²) in [5.41, 5.74) is 8.51. The van der Waals surface area contributed by atoms with E-state index in [0.29, 0.717) is 36.5 Å². The number of carbonyl (C=O) groups is 1. The van der Waals surface area contributed by atoms with E-state index in [-0.39, 0.29) is 12.5 Å². The van der Waals surface area contributed by atoms with E-state index < -0.39 is 12.2 Å². The van der Waals surface area contributed by atoms with Crippen molar-refractivity contribution in [2.75, 3.05) is 13.1 Å².